The summed E-state index contributed by atoms with van der Waals surface area (Å²) in [6.45, 7) is 4.33. The number of phosphoric ester groups is 1. The van der Waals surface area contributed by atoms with Crippen molar-refractivity contribution < 1.29 is 52.6 Å². The van der Waals surface area contributed by atoms with Crippen LogP contribution in [0.3, 0.4) is 0 Å². The zero-order valence-electron chi connectivity index (χ0n) is 32.9. The number of rotatable bonds is 36. The lowest BCUT2D eigenvalue weighted by molar-refractivity contribution is -0.161. The van der Waals surface area contributed by atoms with Crippen LogP contribution in [-0.2, 0) is 37.5 Å². The lowest BCUT2D eigenvalue weighted by atomic mass is 10.0. The van der Waals surface area contributed by atoms with Gasteiger partial charge in [-0.15, -0.1) is 0 Å². The second-order valence-corrected chi connectivity index (χ2v) is 15.3. The number of hydrogen-bond acceptors (Lipinski definition) is 10. The molecule has 0 saturated heterocycles. The highest BCUT2D eigenvalue weighted by Crippen LogP contribution is 2.43. The average Bonchev–Trinajstić information content (AvgIpc) is 3.12. The fourth-order valence-electron chi connectivity index (χ4n) is 5.01. The average molecular weight is 771 g/mol. The lowest BCUT2D eigenvalue weighted by Gasteiger charge is -2.20. The first kappa shape index (κ1) is 50.6. The Kier molecular flexibility index (Phi) is 33.7. The van der Waals surface area contributed by atoms with Crippen LogP contribution in [-0.4, -0.2) is 71.5 Å². The van der Waals surface area contributed by atoms with Crippen LogP contribution in [0, 0.1) is 5.92 Å². The number of esters is 2. The molecule has 53 heavy (non-hydrogen) atoms. The number of allylic oxidation sites excluding steroid dienone is 8. The monoisotopic (exact) mass is 770 g/mol. The van der Waals surface area contributed by atoms with Crippen molar-refractivity contribution in [3.63, 3.8) is 0 Å². The van der Waals surface area contributed by atoms with Crippen molar-refractivity contribution >= 4 is 25.5 Å². The summed E-state index contributed by atoms with van der Waals surface area (Å²) >= 11 is 0. The van der Waals surface area contributed by atoms with E-state index >= 15 is 0 Å². The van der Waals surface area contributed by atoms with Crippen molar-refractivity contribution in [3.05, 3.63) is 48.6 Å². The van der Waals surface area contributed by atoms with Crippen LogP contribution in [0.4, 0.5) is 0 Å². The normalized spacial score (nSPS) is 14.5. The first-order valence-corrected chi connectivity index (χ1v) is 21.4. The van der Waals surface area contributed by atoms with Crippen molar-refractivity contribution in [3.8, 4) is 0 Å². The zero-order valence-corrected chi connectivity index (χ0v) is 33.8. The van der Waals surface area contributed by atoms with Crippen LogP contribution in [0.1, 0.15) is 149 Å². The second-order valence-electron chi connectivity index (χ2n) is 13.8. The minimum atomic E-state index is -4.67. The van der Waals surface area contributed by atoms with Gasteiger partial charge in [-0.3, -0.25) is 23.4 Å². The molecule has 3 N–H and O–H groups in total. The lowest BCUT2D eigenvalue weighted by Crippen LogP contribution is -2.29. The van der Waals surface area contributed by atoms with E-state index in [1.54, 1.807) is 6.08 Å². The molecular formula is C41H71O11P. The van der Waals surface area contributed by atoms with Gasteiger partial charge in [-0.05, 0) is 50.5 Å². The standard InChI is InChI=1S/C41H71O11P/c1-4-5-6-7-8-9-10-11-12-15-18-21-24-28-37(43)29-26-31-40(45)49-34-39(35-51-53(47,48)50-33-38(44)32-42)52-41(46)30-25-22-19-16-13-14-17-20-23-27-36(2)3/h8-9,11-12,18,21,24,28,36,38-39,42,44H,4-7,10,13-17,19-20,22-23,25-27,29-35H2,1-3H3,(H,47,48)/b9-8-,12-11-,21-18-,28-24+/t38-,39+/m0/s1. The Morgan fingerprint density at radius 1 is 0.679 bits per heavy atom. The summed E-state index contributed by atoms with van der Waals surface area (Å²) in [5.74, 6) is -0.558. The van der Waals surface area contributed by atoms with E-state index in [-0.39, 0.29) is 31.5 Å². The highest BCUT2D eigenvalue weighted by Gasteiger charge is 2.27. The smallest absolute Gasteiger partial charge is 0.462 e. The summed E-state index contributed by atoms with van der Waals surface area (Å²) in [7, 11) is -4.67. The van der Waals surface area contributed by atoms with Gasteiger partial charge >= 0.3 is 19.8 Å². The predicted molar refractivity (Wildman–Crippen MR) is 210 cm³/mol. The van der Waals surface area contributed by atoms with E-state index in [1.807, 2.05) is 12.2 Å². The number of ketones is 1. The molecule has 0 aromatic heterocycles. The molecule has 0 spiro atoms. The predicted octanol–water partition coefficient (Wildman–Crippen LogP) is 9.20. The third-order valence-corrected chi connectivity index (χ3v) is 9.09. The van der Waals surface area contributed by atoms with E-state index in [9.17, 15) is 28.9 Å². The van der Waals surface area contributed by atoms with Gasteiger partial charge in [0.15, 0.2) is 11.9 Å². The summed E-state index contributed by atoms with van der Waals surface area (Å²) in [4.78, 5) is 47.0. The first-order chi connectivity index (χ1) is 25.5. The van der Waals surface area contributed by atoms with Gasteiger partial charge < -0.3 is 24.6 Å². The molecule has 11 nitrogen and oxygen atoms in total. The molecule has 0 heterocycles. The number of carbonyl (C=O) groups is 3. The molecular weight excluding hydrogens is 699 g/mol. The highest BCUT2D eigenvalue weighted by molar-refractivity contribution is 7.47. The minimum absolute atomic E-state index is 0.0482. The molecule has 1 unspecified atom stereocenters. The maximum atomic E-state index is 12.5. The second kappa shape index (κ2) is 35.3. The maximum Gasteiger partial charge on any atom is 0.472 e. The van der Waals surface area contributed by atoms with E-state index in [0.29, 0.717) is 6.42 Å². The Bertz CT molecular complexity index is 1100. The number of carbonyl (C=O) groups excluding carboxylic acids is 3. The van der Waals surface area contributed by atoms with E-state index in [4.69, 9.17) is 19.1 Å². The minimum Gasteiger partial charge on any atom is -0.462 e. The van der Waals surface area contributed by atoms with Gasteiger partial charge in [-0.2, -0.15) is 0 Å². The van der Waals surface area contributed by atoms with Gasteiger partial charge in [0, 0.05) is 19.3 Å². The van der Waals surface area contributed by atoms with Crippen LogP contribution in [0.15, 0.2) is 48.6 Å². The Labute approximate surface area is 319 Å². The summed E-state index contributed by atoms with van der Waals surface area (Å²) in [5.41, 5.74) is 0. The number of unbranched alkanes of at least 4 members (excludes halogenated alkanes) is 11. The Balaban J connectivity index is 4.55. The van der Waals surface area contributed by atoms with Gasteiger partial charge in [-0.1, -0.05) is 134 Å². The molecule has 0 aliphatic heterocycles. The summed E-state index contributed by atoms with van der Waals surface area (Å²) in [6.07, 6.45) is 31.0. The Hall–Kier alpha value is -2.40. The third kappa shape index (κ3) is 36.4. The zero-order chi connectivity index (χ0) is 39.4. The van der Waals surface area contributed by atoms with Gasteiger partial charge in [-0.25, -0.2) is 4.57 Å². The highest BCUT2D eigenvalue weighted by atomic mass is 31.2. The summed E-state index contributed by atoms with van der Waals surface area (Å²) < 4.78 is 32.4. The van der Waals surface area contributed by atoms with Crippen LogP contribution < -0.4 is 0 Å². The molecule has 0 aromatic carbocycles. The maximum absolute atomic E-state index is 12.5. The molecule has 0 saturated carbocycles. The van der Waals surface area contributed by atoms with Gasteiger partial charge in [0.25, 0.3) is 0 Å². The molecule has 0 aliphatic rings. The van der Waals surface area contributed by atoms with Crippen molar-refractivity contribution in [2.45, 2.75) is 161 Å². The van der Waals surface area contributed by atoms with Crippen molar-refractivity contribution in [1.82, 2.24) is 0 Å². The number of phosphoric acid groups is 1. The largest absolute Gasteiger partial charge is 0.472 e. The fraction of sp³-hybridized carbons (Fsp3) is 0.732. The van der Waals surface area contributed by atoms with Gasteiger partial charge in [0.05, 0.1) is 19.8 Å². The van der Waals surface area contributed by atoms with E-state index in [1.165, 1.54) is 63.9 Å². The summed E-state index contributed by atoms with van der Waals surface area (Å²) in [5, 5.41) is 18.3. The molecule has 0 amide bonds. The van der Waals surface area contributed by atoms with E-state index in [0.717, 1.165) is 44.4 Å². The van der Waals surface area contributed by atoms with Gasteiger partial charge in [0.2, 0.25) is 0 Å². The van der Waals surface area contributed by atoms with Crippen LogP contribution in [0.5, 0.6) is 0 Å². The van der Waals surface area contributed by atoms with E-state index < -0.39 is 58.4 Å². The van der Waals surface area contributed by atoms with Crippen LogP contribution in [0.25, 0.3) is 0 Å². The van der Waals surface area contributed by atoms with Crippen LogP contribution >= 0.6 is 7.82 Å². The van der Waals surface area contributed by atoms with Crippen LogP contribution in [0.2, 0.25) is 0 Å². The third-order valence-electron chi connectivity index (χ3n) is 8.14. The van der Waals surface area contributed by atoms with Gasteiger partial charge in [0.1, 0.15) is 12.7 Å². The molecule has 0 fully saturated rings. The SMILES string of the molecule is CCCCC/C=C\C/C=C\C/C=C\C=C\C(=O)CCCC(=O)OC[C@H](COP(=O)(O)OC[C@@H](O)CO)OC(=O)CCCCCCCCCCCC(C)C. The molecule has 0 bridgehead atoms. The first-order valence-electron chi connectivity index (χ1n) is 19.9. The molecule has 306 valence electrons. The Morgan fingerprint density at radius 2 is 1.28 bits per heavy atom. The topological polar surface area (TPSA) is 166 Å². The Morgan fingerprint density at radius 3 is 1.94 bits per heavy atom. The molecule has 0 aliphatic carbocycles. The number of aliphatic hydroxyl groups is 2. The fourth-order valence-corrected chi connectivity index (χ4v) is 5.80. The number of aliphatic hydroxyl groups excluding tert-OH is 2. The molecule has 0 radical (unpaired) electrons. The van der Waals surface area contributed by atoms with Crippen molar-refractivity contribution in [2.24, 2.45) is 5.92 Å². The molecule has 3 atom stereocenters. The van der Waals surface area contributed by atoms with E-state index in [2.05, 4.69) is 49.6 Å². The van der Waals surface area contributed by atoms with Crippen molar-refractivity contribution in [2.75, 3.05) is 26.4 Å². The number of ether oxygens (including phenoxy) is 2. The molecule has 12 heteroatoms. The molecule has 0 rings (SSSR count). The quantitative estimate of drug-likeness (QED) is 0.0139. The number of hydrogen-bond donors (Lipinski definition) is 3. The summed E-state index contributed by atoms with van der Waals surface area (Å²) in [6, 6.07) is 0. The molecule has 0 aromatic rings. The van der Waals surface area contributed by atoms with Crippen molar-refractivity contribution in [1.29, 1.82) is 0 Å².